The zero-order chi connectivity index (χ0) is 21.3. The van der Waals surface area contributed by atoms with Gasteiger partial charge in [-0.3, -0.25) is 9.97 Å². The summed E-state index contributed by atoms with van der Waals surface area (Å²) >= 11 is 0. The third-order valence-electron chi connectivity index (χ3n) is 3.93. The van der Waals surface area contributed by atoms with Crippen LogP contribution in [-0.4, -0.2) is 43.6 Å². The maximum atomic E-state index is 12.0. The smallest absolute Gasteiger partial charge is 0.857 e. The first kappa shape index (κ1) is 26.2. The van der Waals surface area contributed by atoms with Crippen LogP contribution in [0.1, 0.15) is 36.4 Å². The predicted molar refractivity (Wildman–Crippen MR) is 114 cm³/mol. The molecule has 167 valence electrons. The molecule has 10 nitrogen and oxygen atoms in total. The van der Waals surface area contributed by atoms with Crippen molar-refractivity contribution in [3.63, 3.8) is 0 Å². The van der Waals surface area contributed by atoms with Crippen LogP contribution >= 0.6 is 0 Å². The van der Waals surface area contributed by atoms with Crippen LogP contribution < -0.4 is 10.2 Å². The number of rotatable bonds is 6. The number of nitrogens with zero attached hydrogens (tertiary/aromatic N) is 7. The average molecular weight is 481 g/mol. The van der Waals surface area contributed by atoms with Crippen molar-refractivity contribution in [3.05, 3.63) is 89.8 Å². The Morgan fingerprint density at radius 2 is 1.03 bits per heavy atom. The van der Waals surface area contributed by atoms with E-state index in [-0.39, 0.29) is 22.5 Å². The minimum Gasteiger partial charge on any atom is -0.857 e. The van der Waals surface area contributed by atoms with Gasteiger partial charge in [0.25, 0.3) is 0 Å². The maximum Gasteiger partial charge on any atom is 2.00 e. The third kappa shape index (κ3) is 7.17. The van der Waals surface area contributed by atoms with E-state index in [1.807, 2.05) is 0 Å². The summed E-state index contributed by atoms with van der Waals surface area (Å²) < 4.78 is 0. The third-order valence-corrected chi connectivity index (χ3v) is 3.93. The molecule has 3 rings (SSSR count). The molecular formula is C21H19CuN7O3. The van der Waals surface area contributed by atoms with Gasteiger partial charge in [-0.15, -0.1) is 0 Å². The summed E-state index contributed by atoms with van der Waals surface area (Å²) in [6.45, 7) is 3.39. The summed E-state index contributed by atoms with van der Waals surface area (Å²) in [5, 5.41) is 39.4. The molecule has 0 saturated heterocycles. The van der Waals surface area contributed by atoms with Crippen molar-refractivity contribution in [2.45, 2.75) is 13.8 Å². The minimum absolute atomic E-state index is 0. The van der Waals surface area contributed by atoms with Gasteiger partial charge in [0.05, 0.1) is 22.8 Å². The molecule has 0 bridgehead atoms. The second-order valence-electron chi connectivity index (χ2n) is 6.06. The van der Waals surface area contributed by atoms with Crippen LogP contribution in [0.25, 0.3) is 0 Å². The molecular weight excluding hydrogens is 462 g/mol. The minimum atomic E-state index is -0.473. The number of pyridine rings is 3. The zero-order valence-electron chi connectivity index (χ0n) is 17.1. The van der Waals surface area contributed by atoms with Crippen LogP contribution in [0.2, 0.25) is 0 Å². The Morgan fingerprint density at radius 1 is 0.656 bits per heavy atom. The molecule has 0 aliphatic heterocycles. The number of hydrogen-bond donors (Lipinski definition) is 0. The first-order chi connectivity index (χ1) is 14.5. The van der Waals surface area contributed by atoms with Crippen LogP contribution in [-0.2, 0) is 17.1 Å². The van der Waals surface area contributed by atoms with Crippen molar-refractivity contribution in [1.82, 2.24) is 15.0 Å². The van der Waals surface area contributed by atoms with Gasteiger partial charge in [0.1, 0.15) is 0 Å². The Labute approximate surface area is 195 Å². The van der Waals surface area contributed by atoms with Gasteiger partial charge in [0.2, 0.25) is 0 Å². The fourth-order valence-electron chi connectivity index (χ4n) is 2.29. The van der Waals surface area contributed by atoms with Crippen molar-refractivity contribution in [2.24, 2.45) is 20.4 Å². The van der Waals surface area contributed by atoms with Crippen molar-refractivity contribution in [3.8, 4) is 0 Å². The summed E-state index contributed by atoms with van der Waals surface area (Å²) in [5.41, 5.74) is 2.75. The van der Waals surface area contributed by atoms with Gasteiger partial charge in [-0.1, -0.05) is 6.07 Å². The standard InChI is InChI=1S/C21H19N7O2.Cu.H2O/c1-14(25-27-20(29)16-6-10-22-11-7-16)18-4-3-5-19(24-18)15(2)26-28-21(30)17-8-12-23-13-9-17;;/h3-13H,1-2H3,(H,27,29)(H,28,30);;1H2/q;+2;/p-2/b25-14+,26-15+;;. The van der Waals surface area contributed by atoms with E-state index in [0.717, 1.165) is 0 Å². The van der Waals surface area contributed by atoms with Crippen molar-refractivity contribution < 1.29 is 32.8 Å². The van der Waals surface area contributed by atoms with E-state index >= 15 is 0 Å². The van der Waals surface area contributed by atoms with Crippen molar-refractivity contribution in [1.29, 1.82) is 0 Å². The molecule has 1 radical (unpaired) electrons. The zero-order valence-corrected chi connectivity index (χ0v) is 18.0. The van der Waals surface area contributed by atoms with Gasteiger partial charge in [0, 0.05) is 36.6 Å². The van der Waals surface area contributed by atoms with Crippen LogP contribution in [0.3, 0.4) is 0 Å². The molecule has 0 unspecified atom stereocenters. The van der Waals surface area contributed by atoms with Crippen molar-refractivity contribution >= 4 is 23.2 Å². The molecule has 0 amide bonds. The Hall–Kier alpha value is -3.79. The first-order valence-electron chi connectivity index (χ1n) is 8.91. The van der Waals surface area contributed by atoms with Gasteiger partial charge >= 0.3 is 17.1 Å². The summed E-state index contributed by atoms with van der Waals surface area (Å²) in [6, 6.07) is 11.5. The molecule has 2 N–H and O–H groups in total. The van der Waals surface area contributed by atoms with E-state index in [2.05, 4.69) is 35.4 Å². The normalized spacial score (nSPS) is 12.6. The molecule has 11 heteroatoms. The second-order valence-corrected chi connectivity index (χ2v) is 6.06. The Bertz CT molecular complexity index is 1050. The van der Waals surface area contributed by atoms with Gasteiger partial charge in [-0.05, 0) is 61.4 Å². The summed E-state index contributed by atoms with van der Waals surface area (Å²) in [7, 11) is 0. The predicted octanol–water partition coefficient (Wildman–Crippen LogP) is 0.107. The largest absolute Gasteiger partial charge is 2.00 e. The quantitative estimate of drug-likeness (QED) is 0.211. The van der Waals surface area contributed by atoms with Gasteiger partial charge in [-0.2, -0.15) is 20.4 Å². The van der Waals surface area contributed by atoms with E-state index < -0.39 is 11.8 Å². The Kier molecular flexibility index (Phi) is 10.5. The Balaban J connectivity index is 0.00000256. The SMILES string of the molecule is C/C(=N\N=C(/[O-])c1ccncc1)c1cccc(/C(C)=N/N=C(\[O-])c2ccncc2)n1.O.[Cu+2]. The molecule has 0 saturated carbocycles. The molecule has 0 atom stereocenters. The van der Waals surface area contributed by atoms with Crippen LogP contribution in [0.15, 0.2) is 87.7 Å². The molecule has 0 aliphatic rings. The average Bonchev–Trinajstić information content (AvgIpc) is 2.81. The number of aromatic nitrogens is 3. The summed E-state index contributed by atoms with van der Waals surface area (Å²) in [4.78, 5) is 12.2. The molecule has 0 fully saturated rings. The summed E-state index contributed by atoms with van der Waals surface area (Å²) in [6.07, 6.45) is 6.04. The molecule has 0 spiro atoms. The van der Waals surface area contributed by atoms with E-state index in [9.17, 15) is 10.2 Å². The van der Waals surface area contributed by atoms with E-state index in [0.29, 0.717) is 33.9 Å². The molecule has 0 aliphatic carbocycles. The molecule has 32 heavy (non-hydrogen) atoms. The van der Waals surface area contributed by atoms with E-state index in [1.165, 1.54) is 24.8 Å². The van der Waals surface area contributed by atoms with E-state index in [1.54, 1.807) is 56.3 Å². The topological polar surface area (TPSA) is 166 Å². The van der Waals surface area contributed by atoms with Gasteiger partial charge in [0.15, 0.2) is 0 Å². The first-order valence-corrected chi connectivity index (χ1v) is 8.91. The van der Waals surface area contributed by atoms with Gasteiger partial charge < -0.3 is 15.7 Å². The van der Waals surface area contributed by atoms with Crippen LogP contribution in [0.4, 0.5) is 0 Å². The van der Waals surface area contributed by atoms with Crippen LogP contribution in [0.5, 0.6) is 0 Å². The molecule has 0 aromatic carbocycles. The fourth-order valence-corrected chi connectivity index (χ4v) is 2.29. The Morgan fingerprint density at radius 3 is 1.41 bits per heavy atom. The van der Waals surface area contributed by atoms with Crippen molar-refractivity contribution in [2.75, 3.05) is 0 Å². The number of hydrogen-bond acceptors (Lipinski definition) is 9. The fraction of sp³-hybridized carbons (Fsp3) is 0.0952. The van der Waals surface area contributed by atoms with E-state index in [4.69, 9.17) is 0 Å². The van der Waals surface area contributed by atoms with Crippen LogP contribution in [0, 0.1) is 0 Å². The van der Waals surface area contributed by atoms with Gasteiger partial charge in [-0.25, -0.2) is 4.98 Å². The second kappa shape index (κ2) is 12.8. The molecule has 3 aromatic rings. The maximum absolute atomic E-state index is 12.0. The molecule has 3 heterocycles. The summed E-state index contributed by atoms with van der Waals surface area (Å²) in [5.74, 6) is -0.946. The monoisotopic (exact) mass is 480 g/mol. The molecule has 3 aromatic heterocycles.